The van der Waals surface area contributed by atoms with E-state index in [9.17, 15) is 4.79 Å². The normalized spacial score (nSPS) is 18.0. The molecule has 0 amide bonds. The van der Waals surface area contributed by atoms with Gasteiger partial charge < -0.3 is 15.6 Å². The summed E-state index contributed by atoms with van der Waals surface area (Å²) in [6, 6.07) is 2.69. The van der Waals surface area contributed by atoms with Crippen LogP contribution in [0.1, 0.15) is 28.4 Å². The van der Waals surface area contributed by atoms with Crippen molar-refractivity contribution in [3.8, 4) is 5.75 Å². The quantitative estimate of drug-likeness (QED) is 0.815. The number of aromatic carboxylic acids is 1. The lowest BCUT2D eigenvalue weighted by Gasteiger charge is -2.24. The van der Waals surface area contributed by atoms with Crippen LogP contribution in [0.4, 0.5) is 0 Å². The van der Waals surface area contributed by atoms with E-state index in [0.717, 1.165) is 0 Å². The Hall–Kier alpha value is -0.970. The van der Waals surface area contributed by atoms with Crippen molar-refractivity contribution in [3.63, 3.8) is 0 Å². The first kappa shape index (κ1) is 13.1. The van der Waals surface area contributed by atoms with Crippen LogP contribution in [-0.2, 0) is 0 Å². The molecule has 0 saturated heterocycles. The van der Waals surface area contributed by atoms with E-state index < -0.39 is 5.97 Å². The summed E-state index contributed by atoms with van der Waals surface area (Å²) in [5, 5.41) is 9.16. The van der Waals surface area contributed by atoms with Gasteiger partial charge in [0, 0.05) is 18.0 Å². The summed E-state index contributed by atoms with van der Waals surface area (Å²) in [5.74, 6) is -0.502. The van der Waals surface area contributed by atoms with Crippen LogP contribution in [0, 0.1) is 0 Å². The fraction of sp³-hybridized carbons (Fsp3) is 0.300. The van der Waals surface area contributed by atoms with Crippen LogP contribution in [0.5, 0.6) is 5.75 Å². The second-order valence-electron chi connectivity index (χ2n) is 3.43. The lowest BCUT2D eigenvalue weighted by Crippen LogP contribution is -2.21. The zero-order valence-electron chi connectivity index (χ0n) is 8.27. The van der Waals surface area contributed by atoms with Crippen molar-refractivity contribution in [1.29, 1.82) is 0 Å². The van der Waals surface area contributed by atoms with E-state index in [1.54, 1.807) is 0 Å². The Morgan fingerprint density at radius 2 is 2.25 bits per heavy atom. The van der Waals surface area contributed by atoms with Gasteiger partial charge in [-0.15, -0.1) is 12.4 Å². The number of carboxylic acid groups (broad SMARTS) is 1. The predicted octanol–water partition coefficient (Wildman–Crippen LogP) is 2.24. The van der Waals surface area contributed by atoms with Gasteiger partial charge in [0.2, 0.25) is 0 Å². The van der Waals surface area contributed by atoms with Gasteiger partial charge in [-0.05, 0) is 12.1 Å². The van der Waals surface area contributed by atoms with Gasteiger partial charge in [-0.1, -0.05) is 11.6 Å². The van der Waals surface area contributed by atoms with E-state index in [0.29, 0.717) is 29.4 Å². The molecule has 0 spiro atoms. The molecule has 1 aromatic rings. The molecule has 1 heterocycles. The zero-order chi connectivity index (χ0) is 11.0. The first-order valence-corrected chi connectivity index (χ1v) is 4.92. The fourth-order valence-corrected chi connectivity index (χ4v) is 1.89. The molecule has 0 unspecified atom stereocenters. The third-order valence-electron chi connectivity index (χ3n) is 2.39. The molecule has 0 aliphatic carbocycles. The number of carbonyl (C=O) groups is 1. The lowest BCUT2D eigenvalue weighted by molar-refractivity contribution is 0.0696. The summed E-state index contributed by atoms with van der Waals surface area (Å²) < 4.78 is 5.35. The van der Waals surface area contributed by atoms with Crippen LogP contribution in [0.3, 0.4) is 0 Å². The van der Waals surface area contributed by atoms with Gasteiger partial charge in [0.1, 0.15) is 5.75 Å². The summed E-state index contributed by atoms with van der Waals surface area (Å²) in [6.07, 6.45) is 0.673. The minimum Gasteiger partial charge on any atom is -0.492 e. The highest BCUT2D eigenvalue weighted by atomic mass is 35.5. The SMILES string of the molecule is Cl.N[C@@H]1CCOc2c(Cl)cc(C(=O)O)cc21. The van der Waals surface area contributed by atoms with Gasteiger partial charge in [0.15, 0.2) is 0 Å². The van der Waals surface area contributed by atoms with E-state index in [-0.39, 0.29) is 24.0 Å². The molecule has 16 heavy (non-hydrogen) atoms. The van der Waals surface area contributed by atoms with Crippen molar-refractivity contribution in [3.05, 3.63) is 28.3 Å². The number of hydrogen-bond donors (Lipinski definition) is 2. The largest absolute Gasteiger partial charge is 0.492 e. The minimum absolute atomic E-state index is 0. The van der Waals surface area contributed by atoms with Gasteiger partial charge >= 0.3 is 5.97 Å². The molecule has 0 saturated carbocycles. The number of benzene rings is 1. The van der Waals surface area contributed by atoms with Crippen molar-refractivity contribution >= 4 is 30.0 Å². The zero-order valence-corrected chi connectivity index (χ0v) is 9.85. The standard InChI is InChI=1S/C10H10ClNO3.ClH/c11-7-4-5(10(13)14)3-6-8(12)1-2-15-9(6)7;/h3-4,8H,1-2,12H2,(H,13,14);1H/t8-;/m1./s1. The average Bonchev–Trinajstić information content (AvgIpc) is 2.19. The van der Waals surface area contributed by atoms with Crippen LogP contribution in [0.2, 0.25) is 5.02 Å². The Balaban J connectivity index is 0.00000128. The van der Waals surface area contributed by atoms with Crippen molar-refractivity contribution in [2.75, 3.05) is 6.61 Å². The summed E-state index contributed by atoms with van der Waals surface area (Å²) in [7, 11) is 0. The minimum atomic E-state index is -1.02. The predicted molar refractivity (Wildman–Crippen MR) is 62.7 cm³/mol. The molecule has 1 aromatic carbocycles. The fourth-order valence-electron chi connectivity index (χ4n) is 1.61. The van der Waals surface area contributed by atoms with Crippen molar-refractivity contribution in [2.45, 2.75) is 12.5 Å². The third kappa shape index (κ3) is 2.24. The molecule has 1 atom stereocenters. The number of hydrogen-bond acceptors (Lipinski definition) is 3. The average molecular weight is 264 g/mol. The maximum Gasteiger partial charge on any atom is 0.335 e. The maximum absolute atomic E-state index is 10.8. The molecule has 0 fully saturated rings. The smallest absolute Gasteiger partial charge is 0.335 e. The topological polar surface area (TPSA) is 72.5 Å². The highest BCUT2D eigenvalue weighted by molar-refractivity contribution is 6.32. The van der Waals surface area contributed by atoms with Crippen molar-refractivity contribution < 1.29 is 14.6 Å². The number of fused-ring (bicyclic) bond motifs is 1. The third-order valence-corrected chi connectivity index (χ3v) is 2.67. The molecule has 88 valence electrons. The van der Waals surface area contributed by atoms with Crippen LogP contribution < -0.4 is 10.5 Å². The first-order valence-electron chi connectivity index (χ1n) is 4.54. The van der Waals surface area contributed by atoms with Crippen molar-refractivity contribution in [2.24, 2.45) is 5.73 Å². The van der Waals surface area contributed by atoms with Crippen LogP contribution in [0.15, 0.2) is 12.1 Å². The van der Waals surface area contributed by atoms with E-state index in [4.69, 9.17) is 27.2 Å². The monoisotopic (exact) mass is 263 g/mol. The molecular weight excluding hydrogens is 253 g/mol. The van der Waals surface area contributed by atoms with Crippen LogP contribution in [0.25, 0.3) is 0 Å². The van der Waals surface area contributed by atoms with Gasteiger partial charge in [0.25, 0.3) is 0 Å². The Bertz CT molecular complexity index is 423. The second kappa shape index (κ2) is 4.91. The molecule has 1 aliphatic rings. The molecule has 4 nitrogen and oxygen atoms in total. The first-order chi connectivity index (χ1) is 7.09. The molecule has 2 rings (SSSR count). The van der Waals surface area contributed by atoms with Gasteiger partial charge in [-0.3, -0.25) is 0 Å². The molecule has 0 radical (unpaired) electrons. The van der Waals surface area contributed by atoms with Gasteiger partial charge in [-0.2, -0.15) is 0 Å². The van der Waals surface area contributed by atoms with Crippen LogP contribution >= 0.6 is 24.0 Å². The van der Waals surface area contributed by atoms with E-state index in [1.807, 2.05) is 0 Å². The van der Waals surface area contributed by atoms with E-state index >= 15 is 0 Å². The number of nitrogens with two attached hydrogens (primary N) is 1. The van der Waals surface area contributed by atoms with Crippen LogP contribution in [-0.4, -0.2) is 17.7 Å². The summed E-state index contributed by atoms with van der Waals surface area (Å²) in [5.41, 5.74) is 6.66. The highest BCUT2D eigenvalue weighted by Gasteiger charge is 2.22. The Labute approximate surface area is 104 Å². The van der Waals surface area contributed by atoms with E-state index in [1.165, 1.54) is 12.1 Å². The van der Waals surface area contributed by atoms with Crippen molar-refractivity contribution in [1.82, 2.24) is 0 Å². The molecule has 0 aromatic heterocycles. The molecule has 0 bridgehead atoms. The second-order valence-corrected chi connectivity index (χ2v) is 3.83. The number of rotatable bonds is 1. The maximum atomic E-state index is 10.8. The lowest BCUT2D eigenvalue weighted by atomic mass is 9.99. The summed E-state index contributed by atoms with van der Waals surface area (Å²) >= 11 is 5.91. The molecule has 6 heteroatoms. The number of carboxylic acids is 1. The highest BCUT2D eigenvalue weighted by Crippen LogP contribution is 2.37. The Morgan fingerprint density at radius 1 is 1.56 bits per heavy atom. The molecule has 1 aliphatic heterocycles. The van der Waals surface area contributed by atoms with E-state index in [2.05, 4.69) is 0 Å². The Morgan fingerprint density at radius 3 is 2.88 bits per heavy atom. The molecular formula is C10H11Cl2NO3. The summed E-state index contributed by atoms with van der Waals surface area (Å²) in [4.78, 5) is 10.8. The number of halogens is 2. The number of ether oxygens (including phenoxy) is 1. The van der Waals surface area contributed by atoms with Gasteiger partial charge in [0.05, 0.1) is 17.2 Å². The Kier molecular flexibility index (Phi) is 4.02. The molecule has 3 N–H and O–H groups in total. The van der Waals surface area contributed by atoms with Gasteiger partial charge in [-0.25, -0.2) is 4.79 Å². The summed E-state index contributed by atoms with van der Waals surface area (Å²) in [6.45, 7) is 0.514.